The van der Waals surface area contributed by atoms with Gasteiger partial charge in [-0.2, -0.15) is 0 Å². The second-order valence-corrected chi connectivity index (χ2v) is 5.86. The zero-order chi connectivity index (χ0) is 13.4. The van der Waals surface area contributed by atoms with Gasteiger partial charge in [0.1, 0.15) is 16.2 Å². The highest BCUT2D eigenvalue weighted by Gasteiger charge is 2.35. The minimum Gasteiger partial charge on any atom is -0.353 e. The molecule has 0 bridgehead atoms. The molecule has 0 aromatic carbocycles. The van der Waals surface area contributed by atoms with Gasteiger partial charge in [0, 0.05) is 44.6 Å². The minimum atomic E-state index is 0.308. The quantitative estimate of drug-likeness (QED) is 0.775. The molecular weight excluding hydrogens is 308 g/mol. The van der Waals surface area contributed by atoms with Crippen molar-refractivity contribution in [1.29, 1.82) is 0 Å². The van der Waals surface area contributed by atoms with Gasteiger partial charge in [0.15, 0.2) is 0 Å². The number of piperazine rings is 1. The van der Waals surface area contributed by atoms with Gasteiger partial charge in [0.2, 0.25) is 5.91 Å². The third kappa shape index (κ3) is 2.45. The number of amides is 1. The summed E-state index contributed by atoms with van der Waals surface area (Å²) in [4.78, 5) is 24.9. The van der Waals surface area contributed by atoms with Crippen molar-refractivity contribution in [3.63, 3.8) is 0 Å². The van der Waals surface area contributed by atoms with Crippen LogP contribution in [0.15, 0.2) is 10.7 Å². The SMILES string of the molecule is CCc1nc(Br)cc(N2CCN3C(=O)CCC3C2)n1. The molecule has 2 aliphatic heterocycles. The topological polar surface area (TPSA) is 49.3 Å². The maximum absolute atomic E-state index is 11.7. The van der Waals surface area contributed by atoms with Gasteiger partial charge in [-0.3, -0.25) is 4.79 Å². The summed E-state index contributed by atoms with van der Waals surface area (Å²) >= 11 is 3.44. The normalized spacial score (nSPS) is 22.8. The fourth-order valence-corrected chi connectivity index (χ4v) is 3.25. The van der Waals surface area contributed by atoms with Crippen molar-refractivity contribution in [2.24, 2.45) is 0 Å². The van der Waals surface area contributed by atoms with E-state index in [0.717, 1.165) is 48.7 Å². The third-order valence-electron chi connectivity index (χ3n) is 3.86. The molecule has 19 heavy (non-hydrogen) atoms. The van der Waals surface area contributed by atoms with Crippen LogP contribution in [0, 0.1) is 0 Å². The molecule has 1 aromatic heterocycles. The second kappa shape index (κ2) is 5.07. The van der Waals surface area contributed by atoms with E-state index in [9.17, 15) is 4.79 Å². The Balaban J connectivity index is 1.80. The first-order valence-corrected chi connectivity index (χ1v) is 7.54. The summed E-state index contributed by atoms with van der Waals surface area (Å²) in [6.07, 6.45) is 2.50. The number of aromatic nitrogens is 2. The number of carbonyl (C=O) groups excluding carboxylic acids is 1. The largest absolute Gasteiger partial charge is 0.353 e. The first-order chi connectivity index (χ1) is 9.17. The van der Waals surface area contributed by atoms with Crippen molar-refractivity contribution in [2.45, 2.75) is 32.2 Å². The molecule has 0 N–H and O–H groups in total. The highest BCUT2D eigenvalue weighted by atomic mass is 79.9. The van der Waals surface area contributed by atoms with Crippen molar-refractivity contribution < 1.29 is 4.79 Å². The molecule has 5 nitrogen and oxygen atoms in total. The number of hydrogen-bond donors (Lipinski definition) is 0. The third-order valence-corrected chi connectivity index (χ3v) is 4.27. The molecule has 2 fully saturated rings. The van der Waals surface area contributed by atoms with Crippen LogP contribution in [-0.2, 0) is 11.2 Å². The zero-order valence-corrected chi connectivity index (χ0v) is 12.6. The van der Waals surface area contributed by atoms with Gasteiger partial charge in [-0.1, -0.05) is 6.92 Å². The molecule has 2 aliphatic rings. The molecule has 0 spiro atoms. The molecule has 1 atom stereocenters. The Labute approximate surface area is 121 Å². The Morgan fingerprint density at radius 2 is 2.26 bits per heavy atom. The average Bonchev–Trinajstić information content (AvgIpc) is 2.79. The number of rotatable bonds is 2. The summed E-state index contributed by atoms with van der Waals surface area (Å²) < 4.78 is 0.833. The van der Waals surface area contributed by atoms with E-state index in [4.69, 9.17) is 0 Å². The van der Waals surface area contributed by atoms with Crippen molar-refractivity contribution in [1.82, 2.24) is 14.9 Å². The molecule has 0 aliphatic carbocycles. The van der Waals surface area contributed by atoms with Crippen LogP contribution in [0.25, 0.3) is 0 Å². The van der Waals surface area contributed by atoms with Crippen molar-refractivity contribution >= 4 is 27.7 Å². The summed E-state index contributed by atoms with van der Waals surface area (Å²) in [7, 11) is 0. The Morgan fingerprint density at radius 3 is 3.05 bits per heavy atom. The van der Waals surface area contributed by atoms with Crippen molar-refractivity contribution in [3.8, 4) is 0 Å². The van der Waals surface area contributed by atoms with E-state index < -0.39 is 0 Å². The minimum absolute atomic E-state index is 0.308. The fourth-order valence-electron chi connectivity index (χ4n) is 2.84. The lowest BCUT2D eigenvalue weighted by Gasteiger charge is -2.38. The van der Waals surface area contributed by atoms with E-state index in [2.05, 4.69) is 37.7 Å². The highest BCUT2D eigenvalue weighted by molar-refractivity contribution is 9.10. The van der Waals surface area contributed by atoms with Crippen LogP contribution in [0.5, 0.6) is 0 Å². The number of aryl methyl sites for hydroxylation is 1. The van der Waals surface area contributed by atoms with Crippen LogP contribution in [0.3, 0.4) is 0 Å². The molecule has 0 radical (unpaired) electrons. The summed E-state index contributed by atoms with van der Waals surface area (Å²) in [5, 5.41) is 0. The number of fused-ring (bicyclic) bond motifs is 1. The van der Waals surface area contributed by atoms with E-state index in [0.29, 0.717) is 18.4 Å². The lowest BCUT2D eigenvalue weighted by Crippen LogP contribution is -2.51. The lowest BCUT2D eigenvalue weighted by atomic mass is 10.1. The maximum Gasteiger partial charge on any atom is 0.223 e. The van der Waals surface area contributed by atoms with Crippen LogP contribution in [-0.4, -0.2) is 46.5 Å². The summed E-state index contributed by atoms with van der Waals surface area (Å²) in [5.41, 5.74) is 0. The predicted molar refractivity (Wildman–Crippen MR) is 76.1 cm³/mol. The lowest BCUT2D eigenvalue weighted by molar-refractivity contribution is -0.129. The van der Waals surface area contributed by atoms with E-state index in [1.54, 1.807) is 0 Å². The van der Waals surface area contributed by atoms with Gasteiger partial charge in [-0.05, 0) is 22.4 Å². The molecule has 1 unspecified atom stereocenters. The Hall–Kier alpha value is -1.17. The summed E-state index contributed by atoms with van der Waals surface area (Å²) in [6, 6.07) is 2.33. The van der Waals surface area contributed by atoms with Crippen LogP contribution in [0.4, 0.5) is 5.82 Å². The van der Waals surface area contributed by atoms with Crippen molar-refractivity contribution in [2.75, 3.05) is 24.5 Å². The monoisotopic (exact) mass is 324 g/mol. The number of nitrogens with zero attached hydrogens (tertiary/aromatic N) is 4. The number of hydrogen-bond acceptors (Lipinski definition) is 4. The van der Waals surface area contributed by atoms with Crippen LogP contribution in [0.1, 0.15) is 25.6 Å². The number of halogens is 1. The molecule has 0 saturated carbocycles. The van der Waals surface area contributed by atoms with Gasteiger partial charge in [-0.25, -0.2) is 9.97 Å². The molecule has 1 aromatic rings. The van der Waals surface area contributed by atoms with Gasteiger partial charge in [-0.15, -0.1) is 0 Å². The predicted octanol–water partition coefficient (Wildman–Crippen LogP) is 1.61. The Morgan fingerprint density at radius 1 is 1.42 bits per heavy atom. The fraction of sp³-hybridized carbons (Fsp3) is 0.615. The second-order valence-electron chi connectivity index (χ2n) is 5.04. The van der Waals surface area contributed by atoms with E-state index in [1.165, 1.54) is 0 Å². The van der Waals surface area contributed by atoms with Gasteiger partial charge in [0.05, 0.1) is 0 Å². The molecule has 6 heteroatoms. The number of carbonyl (C=O) groups is 1. The number of anilines is 1. The Kier molecular flexibility index (Phi) is 3.43. The first kappa shape index (κ1) is 12.8. The van der Waals surface area contributed by atoms with Gasteiger partial charge in [0.25, 0.3) is 0 Å². The zero-order valence-electron chi connectivity index (χ0n) is 11.0. The highest BCUT2D eigenvalue weighted by Crippen LogP contribution is 2.26. The standard InChI is InChI=1S/C13H17BrN4O/c1-2-11-15-10(14)7-12(16-11)17-5-6-18-9(8-17)3-4-13(18)19/h7,9H,2-6,8H2,1H3. The Bertz CT molecular complexity index is 507. The molecule has 3 heterocycles. The van der Waals surface area contributed by atoms with E-state index in [-0.39, 0.29) is 0 Å². The first-order valence-electron chi connectivity index (χ1n) is 6.75. The van der Waals surface area contributed by atoms with Gasteiger partial charge < -0.3 is 9.80 Å². The molecule has 1 amide bonds. The van der Waals surface area contributed by atoms with Crippen LogP contribution in [0.2, 0.25) is 0 Å². The van der Waals surface area contributed by atoms with Crippen LogP contribution >= 0.6 is 15.9 Å². The van der Waals surface area contributed by atoms with E-state index >= 15 is 0 Å². The molecular formula is C13H17BrN4O. The molecule has 3 rings (SSSR count). The average molecular weight is 325 g/mol. The molecule has 2 saturated heterocycles. The van der Waals surface area contributed by atoms with Crippen LogP contribution < -0.4 is 4.90 Å². The van der Waals surface area contributed by atoms with Crippen molar-refractivity contribution in [3.05, 3.63) is 16.5 Å². The van der Waals surface area contributed by atoms with Gasteiger partial charge >= 0.3 is 0 Å². The smallest absolute Gasteiger partial charge is 0.223 e. The summed E-state index contributed by atoms with van der Waals surface area (Å²) in [6.45, 7) is 4.61. The van der Waals surface area contributed by atoms with E-state index in [1.807, 2.05) is 11.0 Å². The molecule has 102 valence electrons. The summed E-state index contributed by atoms with van der Waals surface area (Å²) in [5.74, 6) is 2.13. The maximum atomic E-state index is 11.7.